The number of fused-ring (bicyclic) bond motifs is 1. The number of hydrogen-bond donors (Lipinski definition) is 1. The van der Waals surface area contributed by atoms with Gasteiger partial charge in [0, 0.05) is 26.2 Å². The first-order valence-electron chi connectivity index (χ1n) is 7.59. The fraction of sp³-hybridized carbons (Fsp3) is 0.235. The smallest absolute Gasteiger partial charge is 0.243 e. The highest BCUT2D eigenvalue weighted by Crippen LogP contribution is 2.33. The zero-order valence-corrected chi connectivity index (χ0v) is 14.7. The van der Waals surface area contributed by atoms with Crippen LogP contribution in [0.15, 0.2) is 47.4 Å². The Hall–Kier alpha value is -2.58. The van der Waals surface area contributed by atoms with Gasteiger partial charge in [0.2, 0.25) is 22.7 Å². The summed E-state index contributed by atoms with van der Waals surface area (Å²) < 4.78 is 37.2. The molecular formula is C17H18N2O5S. The van der Waals surface area contributed by atoms with Crippen molar-refractivity contribution in [3.63, 3.8) is 0 Å². The summed E-state index contributed by atoms with van der Waals surface area (Å²) in [6, 6.07) is 11.4. The van der Waals surface area contributed by atoms with Gasteiger partial charge in [-0.25, -0.2) is 8.42 Å². The molecule has 1 amide bonds. The van der Waals surface area contributed by atoms with Gasteiger partial charge in [0.05, 0.1) is 4.90 Å². The van der Waals surface area contributed by atoms with Crippen molar-refractivity contribution in [1.82, 2.24) is 4.31 Å². The molecule has 1 heterocycles. The minimum atomic E-state index is -3.65. The maximum atomic E-state index is 12.7. The van der Waals surface area contributed by atoms with E-state index in [-0.39, 0.29) is 24.1 Å². The van der Waals surface area contributed by atoms with Gasteiger partial charge in [-0.3, -0.25) is 4.79 Å². The molecule has 1 N–H and O–H groups in total. The van der Waals surface area contributed by atoms with Crippen LogP contribution in [0.25, 0.3) is 0 Å². The molecule has 132 valence electrons. The minimum absolute atomic E-state index is 0.157. The number of ether oxygens (including phenoxy) is 2. The van der Waals surface area contributed by atoms with E-state index in [1.54, 1.807) is 30.3 Å². The Morgan fingerprint density at radius 1 is 1.12 bits per heavy atom. The van der Waals surface area contributed by atoms with E-state index >= 15 is 0 Å². The molecule has 0 saturated carbocycles. The van der Waals surface area contributed by atoms with Crippen LogP contribution in [0.1, 0.15) is 12.5 Å². The molecule has 2 aromatic rings. The first-order valence-corrected chi connectivity index (χ1v) is 9.03. The minimum Gasteiger partial charge on any atom is -0.454 e. The first kappa shape index (κ1) is 17.2. The Balaban J connectivity index is 1.76. The Morgan fingerprint density at radius 2 is 1.80 bits per heavy atom. The third-order valence-electron chi connectivity index (χ3n) is 3.73. The molecule has 0 aliphatic carbocycles. The van der Waals surface area contributed by atoms with E-state index in [0.29, 0.717) is 17.2 Å². The van der Waals surface area contributed by atoms with Crippen molar-refractivity contribution in [2.24, 2.45) is 0 Å². The number of benzene rings is 2. The number of nitrogens with one attached hydrogen (secondary N) is 1. The van der Waals surface area contributed by atoms with Gasteiger partial charge in [0.25, 0.3) is 0 Å². The van der Waals surface area contributed by atoms with Crippen molar-refractivity contribution in [2.45, 2.75) is 18.4 Å². The molecule has 2 aromatic carbocycles. The van der Waals surface area contributed by atoms with Crippen molar-refractivity contribution < 1.29 is 22.7 Å². The number of sulfonamides is 1. The predicted octanol–water partition coefficient (Wildman–Crippen LogP) is 2.19. The highest BCUT2D eigenvalue weighted by molar-refractivity contribution is 7.89. The second-order valence-electron chi connectivity index (χ2n) is 5.65. The van der Waals surface area contributed by atoms with E-state index in [1.807, 2.05) is 0 Å². The summed E-state index contributed by atoms with van der Waals surface area (Å²) in [7, 11) is -2.13. The summed E-state index contributed by atoms with van der Waals surface area (Å²) in [6.07, 6.45) is 0. The fourth-order valence-corrected chi connectivity index (χ4v) is 3.63. The highest BCUT2D eigenvalue weighted by atomic mass is 32.2. The van der Waals surface area contributed by atoms with E-state index in [1.165, 1.54) is 30.4 Å². The summed E-state index contributed by atoms with van der Waals surface area (Å²) in [4.78, 5) is 11.2. The quantitative estimate of drug-likeness (QED) is 0.881. The Morgan fingerprint density at radius 3 is 2.48 bits per heavy atom. The van der Waals surface area contributed by atoms with Crippen LogP contribution in [0, 0.1) is 0 Å². The number of anilines is 1. The van der Waals surface area contributed by atoms with Crippen molar-refractivity contribution in [2.75, 3.05) is 19.2 Å². The number of carbonyl (C=O) groups is 1. The summed E-state index contributed by atoms with van der Waals surface area (Å²) >= 11 is 0. The van der Waals surface area contributed by atoms with E-state index in [9.17, 15) is 13.2 Å². The molecule has 8 heteroatoms. The van der Waals surface area contributed by atoms with Crippen LogP contribution >= 0.6 is 0 Å². The zero-order valence-electron chi connectivity index (χ0n) is 13.9. The average molecular weight is 362 g/mol. The molecule has 0 unspecified atom stereocenters. The summed E-state index contributed by atoms with van der Waals surface area (Å²) in [5.41, 5.74) is 1.34. The lowest BCUT2D eigenvalue weighted by Gasteiger charge is -2.18. The molecule has 0 radical (unpaired) electrons. The van der Waals surface area contributed by atoms with Crippen molar-refractivity contribution in [3.05, 3.63) is 48.0 Å². The second kappa shape index (κ2) is 6.73. The lowest BCUT2D eigenvalue weighted by Crippen LogP contribution is -2.26. The predicted molar refractivity (Wildman–Crippen MR) is 92.0 cm³/mol. The number of hydrogen-bond acceptors (Lipinski definition) is 5. The van der Waals surface area contributed by atoms with Crippen LogP contribution in [0.4, 0.5) is 5.69 Å². The van der Waals surface area contributed by atoms with Gasteiger partial charge < -0.3 is 14.8 Å². The topological polar surface area (TPSA) is 84.9 Å². The van der Waals surface area contributed by atoms with Crippen LogP contribution in [0.2, 0.25) is 0 Å². The normalized spacial score (nSPS) is 13.1. The van der Waals surface area contributed by atoms with Gasteiger partial charge >= 0.3 is 0 Å². The van der Waals surface area contributed by atoms with Crippen molar-refractivity contribution >= 4 is 21.6 Å². The number of amides is 1. The van der Waals surface area contributed by atoms with Crippen molar-refractivity contribution in [3.8, 4) is 11.5 Å². The largest absolute Gasteiger partial charge is 0.454 e. The molecule has 1 aliphatic heterocycles. The van der Waals surface area contributed by atoms with Gasteiger partial charge in [-0.05, 0) is 42.0 Å². The Labute approximate surface area is 146 Å². The molecule has 0 bridgehead atoms. The first-order chi connectivity index (χ1) is 11.9. The molecular weight excluding hydrogens is 344 g/mol. The molecule has 25 heavy (non-hydrogen) atoms. The zero-order chi connectivity index (χ0) is 18.0. The van der Waals surface area contributed by atoms with Crippen LogP contribution in [-0.4, -0.2) is 32.5 Å². The molecule has 0 atom stereocenters. The maximum Gasteiger partial charge on any atom is 0.243 e. The van der Waals surface area contributed by atoms with Crippen LogP contribution in [-0.2, 0) is 21.4 Å². The summed E-state index contributed by atoms with van der Waals surface area (Å²) in [5.74, 6) is 1.06. The molecule has 7 nitrogen and oxygen atoms in total. The van der Waals surface area contributed by atoms with Crippen LogP contribution < -0.4 is 14.8 Å². The fourth-order valence-electron chi connectivity index (χ4n) is 2.47. The standard InChI is InChI=1S/C17H18N2O5S/c1-12(20)18-14-4-6-15(7-5-14)25(21,22)19(2)10-13-3-8-16-17(9-13)24-11-23-16/h3-9H,10-11H2,1-2H3,(H,18,20). The lowest BCUT2D eigenvalue weighted by atomic mass is 10.2. The summed E-state index contributed by atoms with van der Waals surface area (Å²) in [6.45, 7) is 1.77. The molecule has 3 rings (SSSR count). The second-order valence-corrected chi connectivity index (χ2v) is 7.70. The Bertz CT molecular complexity index is 894. The van der Waals surface area contributed by atoms with Crippen molar-refractivity contribution in [1.29, 1.82) is 0 Å². The average Bonchev–Trinajstić information content (AvgIpc) is 3.02. The van der Waals surface area contributed by atoms with Gasteiger partial charge in [-0.2, -0.15) is 4.31 Å². The Kier molecular flexibility index (Phi) is 4.65. The van der Waals surface area contributed by atoms with Gasteiger partial charge in [0.1, 0.15) is 0 Å². The molecule has 0 saturated heterocycles. The number of rotatable bonds is 5. The molecule has 0 aromatic heterocycles. The van der Waals surface area contributed by atoms with Gasteiger partial charge in [0.15, 0.2) is 11.5 Å². The van der Waals surface area contributed by atoms with Crippen LogP contribution in [0.3, 0.4) is 0 Å². The molecule has 0 fully saturated rings. The highest BCUT2D eigenvalue weighted by Gasteiger charge is 2.22. The van der Waals surface area contributed by atoms with E-state index in [0.717, 1.165) is 5.56 Å². The van der Waals surface area contributed by atoms with E-state index < -0.39 is 10.0 Å². The third-order valence-corrected chi connectivity index (χ3v) is 5.54. The van der Waals surface area contributed by atoms with Crippen LogP contribution in [0.5, 0.6) is 11.5 Å². The summed E-state index contributed by atoms with van der Waals surface area (Å²) in [5, 5.41) is 2.60. The molecule has 0 spiro atoms. The maximum absolute atomic E-state index is 12.7. The lowest BCUT2D eigenvalue weighted by molar-refractivity contribution is -0.114. The SMILES string of the molecule is CC(=O)Nc1ccc(S(=O)(=O)N(C)Cc2ccc3c(c2)OCO3)cc1. The van der Waals surface area contributed by atoms with E-state index in [4.69, 9.17) is 9.47 Å². The van der Waals surface area contributed by atoms with Gasteiger partial charge in [-0.1, -0.05) is 6.07 Å². The van der Waals surface area contributed by atoms with Gasteiger partial charge in [-0.15, -0.1) is 0 Å². The number of carbonyl (C=O) groups excluding carboxylic acids is 1. The van der Waals surface area contributed by atoms with E-state index in [2.05, 4.69) is 5.32 Å². The third kappa shape index (κ3) is 3.75. The monoisotopic (exact) mass is 362 g/mol. The molecule has 1 aliphatic rings. The number of nitrogens with zero attached hydrogens (tertiary/aromatic N) is 1.